The third kappa shape index (κ3) is 3.01. The summed E-state index contributed by atoms with van der Waals surface area (Å²) in [7, 11) is 3.29. The molecule has 5 heteroatoms. The summed E-state index contributed by atoms with van der Waals surface area (Å²) in [5.74, 6) is -0.444. The normalized spacial score (nSPS) is 16.7. The molecule has 24 heavy (non-hydrogen) atoms. The number of carbonyl (C=O) groups excluding carboxylic acids is 2. The van der Waals surface area contributed by atoms with Gasteiger partial charge in [0.2, 0.25) is 0 Å². The van der Waals surface area contributed by atoms with Crippen LogP contribution in [0.3, 0.4) is 0 Å². The summed E-state index contributed by atoms with van der Waals surface area (Å²) in [5, 5.41) is 2.96. The van der Waals surface area contributed by atoms with Crippen molar-refractivity contribution in [1.29, 1.82) is 0 Å². The highest BCUT2D eigenvalue weighted by Gasteiger charge is 2.25. The summed E-state index contributed by atoms with van der Waals surface area (Å²) in [6.07, 6.45) is 3.60. The van der Waals surface area contributed by atoms with Crippen LogP contribution < -0.4 is 10.2 Å². The zero-order valence-corrected chi connectivity index (χ0v) is 13.5. The fraction of sp³-hybridized carbons (Fsp3) is 0.158. The van der Waals surface area contributed by atoms with Gasteiger partial charge in [-0.05, 0) is 35.9 Å². The van der Waals surface area contributed by atoms with Gasteiger partial charge in [0.25, 0.3) is 5.91 Å². The molecule has 1 unspecified atom stereocenters. The van der Waals surface area contributed by atoms with E-state index in [1.807, 2.05) is 60.5 Å². The molecule has 2 aromatic rings. The molecule has 3 rings (SSSR count). The second kappa shape index (κ2) is 6.58. The van der Waals surface area contributed by atoms with Crippen LogP contribution in [0.4, 0.5) is 5.69 Å². The Morgan fingerprint density at radius 1 is 1.17 bits per heavy atom. The number of esters is 1. The zero-order valence-electron chi connectivity index (χ0n) is 13.5. The van der Waals surface area contributed by atoms with Crippen LogP contribution in [-0.2, 0) is 4.74 Å². The number of carbonyl (C=O) groups is 2. The standard InChI is InChI=1S/C19H18N2O3/c1-21-16-6-4-3-5-15(16)18(22)20-17(21)12-9-13-7-10-14(11-8-13)19(23)24-2/h3-12,17H,1-2H3,(H,20,22)/b12-9+. The Labute approximate surface area is 140 Å². The first kappa shape index (κ1) is 15.8. The van der Waals surface area contributed by atoms with Crippen molar-refractivity contribution in [3.8, 4) is 0 Å². The molecule has 1 aliphatic rings. The lowest BCUT2D eigenvalue weighted by atomic mass is 10.1. The number of hydrogen-bond donors (Lipinski definition) is 1. The Balaban J connectivity index is 1.78. The molecule has 0 saturated carbocycles. The van der Waals surface area contributed by atoms with Gasteiger partial charge < -0.3 is 15.0 Å². The molecule has 0 aliphatic carbocycles. The molecule has 1 N–H and O–H groups in total. The number of benzene rings is 2. The number of nitrogens with one attached hydrogen (secondary N) is 1. The predicted molar refractivity (Wildman–Crippen MR) is 92.9 cm³/mol. The molecule has 2 aromatic carbocycles. The van der Waals surface area contributed by atoms with E-state index in [1.165, 1.54) is 7.11 Å². The van der Waals surface area contributed by atoms with E-state index in [0.717, 1.165) is 11.3 Å². The molecule has 1 heterocycles. The summed E-state index contributed by atoms with van der Waals surface area (Å²) < 4.78 is 4.68. The van der Waals surface area contributed by atoms with Crippen LogP contribution >= 0.6 is 0 Å². The minimum atomic E-state index is -0.360. The molecule has 1 aliphatic heterocycles. The molecule has 0 aromatic heterocycles. The topological polar surface area (TPSA) is 58.6 Å². The molecule has 1 amide bonds. The van der Waals surface area contributed by atoms with Crippen molar-refractivity contribution >= 4 is 23.6 Å². The van der Waals surface area contributed by atoms with Crippen LogP contribution in [0.15, 0.2) is 54.6 Å². The molecule has 1 atom stereocenters. The fourth-order valence-electron chi connectivity index (χ4n) is 2.66. The van der Waals surface area contributed by atoms with Gasteiger partial charge in [-0.2, -0.15) is 0 Å². The molecule has 0 radical (unpaired) electrons. The summed E-state index contributed by atoms with van der Waals surface area (Å²) >= 11 is 0. The minimum absolute atomic E-state index is 0.0839. The highest BCUT2D eigenvalue weighted by molar-refractivity contribution is 6.02. The maximum atomic E-state index is 12.2. The van der Waals surface area contributed by atoms with E-state index < -0.39 is 0 Å². The SMILES string of the molecule is COC(=O)c1ccc(/C=C/C2NC(=O)c3ccccc3N2C)cc1. The van der Waals surface area contributed by atoms with E-state index in [-0.39, 0.29) is 18.0 Å². The van der Waals surface area contributed by atoms with Crippen LogP contribution in [0, 0.1) is 0 Å². The Morgan fingerprint density at radius 2 is 1.88 bits per heavy atom. The van der Waals surface area contributed by atoms with Crippen LogP contribution in [0.25, 0.3) is 6.08 Å². The highest BCUT2D eigenvalue weighted by Crippen LogP contribution is 2.25. The molecular weight excluding hydrogens is 304 g/mol. The largest absolute Gasteiger partial charge is 0.465 e. The van der Waals surface area contributed by atoms with Gasteiger partial charge in [0.05, 0.1) is 23.9 Å². The summed E-state index contributed by atoms with van der Waals surface area (Å²) in [6, 6.07) is 14.6. The second-order valence-corrected chi connectivity index (χ2v) is 5.52. The number of methoxy groups -OCH3 is 1. The minimum Gasteiger partial charge on any atom is -0.465 e. The first-order chi connectivity index (χ1) is 11.6. The van der Waals surface area contributed by atoms with Crippen molar-refractivity contribution in [2.45, 2.75) is 6.17 Å². The van der Waals surface area contributed by atoms with Gasteiger partial charge >= 0.3 is 5.97 Å². The number of fused-ring (bicyclic) bond motifs is 1. The van der Waals surface area contributed by atoms with Crippen LogP contribution in [0.5, 0.6) is 0 Å². The molecule has 0 bridgehead atoms. The van der Waals surface area contributed by atoms with Crippen molar-refractivity contribution in [3.05, 3.63) is 71.3 Å². The van der Waals surface area contributed by atoms with Gasteiger partial charge in [-0.25, -0.2) is 4.79 Å². The maximum absolute atomic E-state index is 12.2. The second-order valence-electron chi connectivity index (χ2n) is 5.52. The monoisotopic (exact) mass is 322 g/mol. The molecule has 0 saturated heterocycles. The quantitative estimate of drug-likeness (QED) is 0.883. The average Bonchev–Trinajstić information content (AvgIpc) is 2.63. The van der Waals surface area contributed by atoms with Gasteiger partial charge in [-0.3, -0.25) is 4.79 Å². The summed E-state index contributed by atoms with van der Waals surface area (Å²) in [6.45, 7) is 0. The van der Waals surface area contributed by atoms with Gasteiger partial charge in [0.1, 0.15) is 6.17 Å². The maximum Gasteiger partial charge on any atom is 0.337 e. The number of rotatable bonds is 3. The lowest BCUT2D eigenvalue weighted by Gasteiger charge is -2.34. The van der Waals surface area contributed by atoms with E-state index >= 15 is 0 Å². The lowest BCUT2D eigenvalue weighted by molar-refractivity contribution is 0.0600. The molecule has 122 valence electrons. The van der Waals surface area contributed by atoms with Crippen LogP contribution in [-0.4, -0.2) is 32.2 Å². The highest BCUT2D eigenvalue weighted by atomic mass is 16.5. The van der Waals surface area contributed by atoms with E-state index in [1.54, 1.807) is 12.1 Å². The van der Waals surface area contributed by atoms with Crippen molar-refractivity contribution in [2.75, 3.05) is 19.1 Å². The van der Waals surface area contributed by atoms with Gasteiger partial charge in [0, 0.05) is 7.05 Å². The third-order valence-corrected chi connectivity index (χ3v) is 4.03. The van der Waals surface area contributed by atoms with E-state index in [9.17, 15) is 9.59 Å². The number of hydrogen-bond acceptors (Lipinski definition) is 4. The van der Waals surface area contributed by atoms with Gasteiger partial charge in [0.15, 0.2) is 0 Å². The number of likely N-dealkylation sites (N-methyl/N-ethyl adjacent to an activating group) is 1. The van der Waals surface area contributed by atoms with E-state index in [2.05, 4.69) is 10.1 Å². The van der Waals surface area contributed by atoms with Crippen molar-refractivity contribution in [3.63, 3.8) is 0 Å². The summed E-state index contributed by atoms with van der Waals surface area (Å²) in [5.41, 5.74) is 3.01. The number of nitrogens with zero attached hydrogens (tertiary/aromatic N) is 1. The number of ether oxygens (including phenoxy) is 1. The smallest absolute Gasteiger partial charge is 0.337 e. The Hall–Kier alpha value is -3.08. The third-order valence-electron chi connectivity index (χ3n) is 4.03. The average molecular weight is 322 g/mol. The fourth-order valence-corrected chi connectivity index (χ4v) is 2.66. The predicted octanol–water partition coefficient (Wildman–Crippen LogP) is 2.69. The molecule has 0 spiro atoms. The Bertz CT molecular complexity index is 797. The first-order valence-corrected chi connectivity index (χ1v) is 7.59. The van der Waals surface area contributed by atoms with Crippen molar-refractivity contribution in [1.82, 2.24) is 5.32 Å². The summed E-state index contributed by atoms with van der Waals surface area (Å²) in [4.78, 5) is 25.6. The van der Waals surface area contributed by atoms with Gasteiger partial charge in [-0.15, -0.1) is 0 Å². The number of anilines is 1. The van der Waals surface area contributed by atoms with Crippen LogP contribution in [0.2, 0.25) is 0 Å². The Morgan fingerprint density at radius 3 is 2.58 bits per heavy atom. The molecular formula is C19H18N2O3. The van der Waals surface area contributed by atoms with Crippen molar-refractivity contribution < 1.29 is 14.3 Å². The number of para-hydroxylation sites is 1. The lowest BCUT2D eigenvalue weighted by Crippen LogP contribution is -2.49. The molecule has 5 nitrogen and oxygen atoms in total. The number of amides is 1. The van der Waals surface area contributed by atoms with E-state index in [4.69, 9.17) is 0 Å². The molecule has 0 fully saturated rings. The van der Waals surface area contributed by atoms with E-state index in [0.29, 0.717) is 11.1 Å². The Kier molecular flexibility index (Phi) is 4.33. The first-order valence-electron chi connectivity index (χ1n) is 7.59. The zero-order chi connectivity index (χ0) is 17.1. The van der Waals surface area contributed by atoms with Crippen molar-refractivity contribution in [2.24, 2.45) is 0 Å². The van der Waals surface area contributed by atoms with Gasteiger partial charge in [-0.1, -0.05) is 30.3 Å². The van der Waals surface area contributed by atoms with Crippen LogP contribution in [0.1, 0.15) is 26.3 Å².